The van der Waals surface area contributed by atoms with E-state index >= 15 is 0 Å². The molecule has 4 N–H and O–H groups in total. The molecule has 0 saturated carbocycles. The lowest BCUT2D eigenvalue weighted by atomic mass is 10.1. The summed E-state index contributed by atoms with van der Waals surface area (Å²) in [7, 11) is 0. The van der Waals surface area contributed by atoms with Crippen LogP contribution in [0, 0.1) is 0 Å². The van der Waals surface area contributed by atoms with Gasteiger partial charge in [-0.2, -0.15) is 0 Å². The Hall–Kier alpha value is -3.47. The van der Waals surface area contributed by atoms with E-state index < -0.39 is 31.1 Å². The third-order valence-electron chi connectivity index (χ3n) is 6.78. The molecule has 0 radical (unpaired) electrons. The molecule has 0 unspecified atom stereocenters. The highest BCUT2D eigenvalue weighted by Gasteiger charge is 2.44. The smallest absolute Gasteiger partial charge is 0.206 e. The molecule has 4 atom stereocenters. The van der Waals surface area contributed by atoms with Crippen LogP contribution in [-0.4, -0.2) is 63.0 Å². The third kappa shape index (κ3) is 6.58. The van der Waals surface area contributed by atoms with Crippen molar-refractivity contribution in [2.45, 2.75) is 50.5 Å². The summed E-state index contributed by atoms with van der Waals surface area (Å²) in [6.45, 7) is 1.99. The van der Waals surface area contributed by atoms with E-state index in [1.165, 1.54) is 5.56 Å². The van der Waals surface area contributed by atoms with Crippen molar-refractivity contribution in [3.8, 4) is 5.75 Å². The molecule has 4 aromatic rings. The topological polar surface area (TPSA) is 118 Å². The number of nitrogens with one attached hydrogen (secondary N) is 1. The van der Waals surface area contributed by atoms with Gasteiger partial charge in [0.05, 0.1) is 30.9 Å². The Labute approximate surface area is 227 Å². The van der Waals surface area contributed by atoms with Crippen molar-refractivity contribution in [2.24, 2.45) is 0 Å². The van der Waals surface area contributed by atoms with Gasteiger partial charge >= 0.3 is 0 Å². The predicted octanol–water partition coefficient (Wildman–Crippen LogP) is 3.64. The number of benzene rings is 3. The number of fused-ring (bicyclic) bond motifs is 1. The summed E-state index contributed by atoms with van der Waals surface area (Å²) in [6, 6.07) is 25.5. The minimum atomic E-state index is -1.21. The van der Waals surface area contributed by atoms with Gasteiger partial charge in [0.1, 0.15) is 24.1 Å². The third-order valence-corrected chi connectivity index (χ3v) is 6.78. The van der Waals surface area contributed by atoms with Gasteiger partial charge in [-0.25, -0.2) is 4.98 Å². The van der Waals surface area contributed by atoms with Crippen LogP contribution >= 0.6 is 0 Å². The fourth-order valence-corrected chi connectivity index (χ4v) is 4.71. The van der Waals surface area contributed by atoms with Crippen LogP contribution in [0.5, 0.6) is 5.75 Å². The van der Waals surface area contributed by atoms with Crippen LogP contribution in [-0.2, 0) is 22.6 Å². The Morgan fingerprint density at radius 3 is 2.46 bits per heavy atom. The van der Waals surface area contributed by atoms with E-state index in [0.717, 1.165) is 35.2 Å². The summed E-state index contributed by atoms with van der Waals surface area (Å²) in [5.41, 5.74) is 3.65. The molecular formula is C30H35N3O6. The van der Waals surface area contributed by atoms with Crippen molar-refractivity contribution >= 4 is 17.0 Å². The van der Waals surface area contributed by atoms with E-state index in [0.29, 0.717) is 32.3 Å². The highest BCUT2D eigenvalue weighted by Crippen LogP contribution is 2.35. The van der Waals surface area contributed by atoms with E-state index in [1.54, 1.807) is 4.57 Å². The van der Waals surface area contributed by atoms with Crippen LogP contribution < -0.4 is 10.1 Å². The standard InChI is InChI=1S/C30H35N3O6/c34-19-26-27(35)28(36)29(39-26)33-25-14-5-4-13-24(25)32-30(33)31-18-22-11-8-12-23(17-22)38-16-7-6-15-37-20-21-9-2-1-3-10-21/h1-5,8-14,17,26-29,34-36H,6-7,15-16,18-20H2,(H,31,32)/t26-,27-,28-,29-/m1/s1. The predicted molar refractivity (Wildman–Crippen MR) is 147 cm³/mol. The number of hydrogen-bond donors (Lipinski definition) is 4. The summed E-state index contributed by atoms with van der Waals surface area (Å²) in [4.78, 5) is 4.68. The van der Waals surface area contributed by atoms with Gasteiger partial charge < -0.3 is 34.8 Å². The van der Waals surface area contributed by atoms with E-state index in [2.05, 4.69) is 22.4 Å². The van der Waals surface area contributed by atoms with Crippen molar-refractivity contribution in [3.05, 3.63) is 90.0 Å². The van der Waals surface area contributed by atoms with Crippen molar-refractivity contribution in [2.75, 3.05) is 25.1 Å². The molecular weight excluding hydrogens is 498 g/mol. The van der Waals surface area contributed by atoms with Gasteiger partial charge in [-0.05, 0) is 48.2 Å². The number of nitrogens with zero attached hydrogens (tertiary/aromatic N) is 2. The number of unbranched alkanes of at least 4 members (excludes halogenated alkanes) is 1. The van der Waals surface area contributed by atoms with E-state index in [-0.39, 0.29) is 0 Å². The van der Waals surface area contributed by atoms with E-state index in [9.17, 15) is 15.3 Å². The van der Waals surface area contributed by atoms with Crippen molar-refractivity contribution in [1.82, 2.24) is 9.55 Å². The fourth-order valence-electron chi connectivity index (χ4n) is 4.71. The van der Waals surface area contributed by atoms with Crippen molar-refractivity contribution in [3.63, 3.8) is 0 Å². The molecule has 2 heterocycles. The summed E-state index contributed by atoms with van der Waals surface area (Å²) in [6.07, 6.45) is -2.35. The largest absolute Gasteiger partial charge is 0.494 e. The minimum absolute atomic E-state index is 0.391. The molecule has 1 aliphatic heterocycles. The molecule has 1 aromatic heterocycles. The first-order valence-corrected chi connectivity index (χ1v) is 13.3. The van der Waals surface area contributed by atoms with Gasteiger partial charge in [0.2, 0.25) is 5.95 Å². The zero-order valence-electron chi connectivity index (χ0n) is 21.7. The molecule has 0 aliphatic carbocycles. The molecule has 1 aliphatic rings. The molecule has 0 amide bonds. The second-order valence-electron chi connectivity index (χ2n) is 9.62. The lowest BCUT2D eigenvalue weighted by molar-refractivity contribution is -0.0499. The van der Waals surface area contributed by atoms with Gasteiger partial charge in [0.15, 0.2) is 6.23 Å². The Bertz CT molecular complexity index is 1330. The number of rotatable bonds is 13. The van der Waals surface area contributed by atoms with Gasteiger partial charge in [-0.15, -0.1) is 0 Å². The van der Waals surface area contributed by atoms with Gasteiger partial charge in [0.25, 0.3) is 0 Å². The number of aromatic nitrogens is 2. The van der Waals surface area contributed by atoms with Crippen LogP contribution in [0.2, 0.25) is 0 Å². The van der Waals surface area contributed by atoms with Crippen LogP contribution in [0.15, 0.2) is 78.9 Å². The maximum absolute atomic E-state index is 10.7. The molecule has 1 saturated heterocycles. The average molecular weight is 534 g/mol. The lowest BCUT2D eigenvalue weighted by Gasteiger charge is -2.20. The number of hydrogen-bond acceptors (Lipinski definition) is 8. The maximum Gasteiger partial charge on any atom is 0.206 e. The monoisotopic (exact) mass is 533 g/mol. The molecule has 1 fully saturated rings. The Morgan fingerprint density at radius 2 is 1.64 bits per heavy atom. The normalized spacial score (nSPS) is 20.9. The molecule has 9 heteroatoms. The van der Waals surface area contributed by atoms with Crippen LogP contribution in [0.4, 0.5) is 5.95 Å². The number of aliphatic hydroxyl groups is 3. The fraction of sp³-hybridized carbons (Fsp3) is 0.367. The van der Waals surface area contributed by atoms with Gasteiger partial charge in [-0.1, -0.05) is 54.6 Å². The maximum atomic E-state index is 10.7. The number of imidazole rings is 1. The van der Waals surface area contributed by atoms with Crippen molar-refractivity contribution < 1.29 is 29.5 Å². The first kappa shape index (κ1) is 27.1. The molecule has 9 nitrogen and oxygen atoms in total. The van der Waals surface area contributed by atoms with Crippen LogP contribution in [0.25, 0.3) is 11.0 Å². The van der Waals surface area contributed by atoms with Gasteiger partial charge in [-0.3, -0.25) is 4.57 Å². The number of anilines is 1. The van der Waals surface area contributed by atoms with Crippen molar-refractivity contribution in [1.29, 1.82) is 0 Å². The van der Waals surface area contributed by atoms with E-state index in [1.807, 2.05) is 66.7 Å². The van der Waals surface area contributed by atoms with Crippen LogP contribution in [0.1, 0.15) is 30.2 Å². The molecule has 39 heavy (non-hydrogen) atoms. The number of ether oxygens (including phenoxy) is 3. The second-order valence-corrected chi connectivity index (χ2v) is 9.62. The average Bonchev–Trinajstić information content (AvgIpc) is 3.48. The number of para-hydroxylation sites is 2. The highest BCUT2D eigenvalue weighted by atomic mass is 16.6. The summed E-state index contributed by atoms with van der Waals surface area (Å²) >= 11 is 0. The summed E-state index contributed by atoms with van der Waals surface area (Å²) in [5, 5.41) is 33.8. The first-order chi connectivity index (χ1) is 19.1. The highest BCUT2D eigenvalue weighted by molar-refractivity contribution is 5.78. The second kappa shape index (κ2) is 13.1. The zero-order chi connectivity index (χ0) is 27.0. The van der Waals surface area contributed by atoms with Crippen LogP contribution in [0.3, 0.4) is 0 Å². The quantitative estimate of drug-likeness (QED) is 0.193. The Balaban J connectivity index is 1.15. The molecule has 5 rings (SSSR count). The molecule has 0 bridgehead atoms. The lowest BCUT2D eigenvalue weighted by Crippen LogP contribution is -2.33. The van der Waals surface area contributed by atoms with E-state index in [4.69, 9.17) is 14.2 Å². The van der Waals surface area contributed by atoms with Gasteiger partial charge in [0, 0.05) is 13.2 Å². The summed E-state index contributed by atoms with van der Waals surface area (Å²) < 4.78 is 19.2. The summed E-state index contributed by atoms with van der Waals surface area (Å²) in [5.74, 6) is 1.28. The minimum Gasteiger partial charge on any atom is -0.494 e. The zero-order valence-corrected chi connectivity index (χ0v) is 21.7. The number of aliphatic hydroxyl groups excluding tert-OH is 3. The Morgan fingerprint density at radius 1 is 0.872 bits per heavy atom. The first-order valence-electron chi connectivity index (χ1n) is 13.3. The molecule has 0 spiro atoms. The molecule has 3 aromatic carbocycles. The molecule has 206 valence electrons. The Kier molecular flexibility index (Phi) is 9.08. The SMILES string of the molecule is OC[C@H]1O[C@@H](n2c(NCc3cccc(OCCCCOCc4ccccc4)c3)nc3ccccc32)[C@H](O)[C@@H]1O.